The molecule has 0 radical (unpaired) electrons. The topological polar surface area (TPSA) is 86.0 Å². The molecule has 7 nitrogen and oxygen atoms in total. The molecule has 0 aliphatic heterocycles. The number of hydrazone groups is 1. The van der Waals surface area contributed by atoms with Crippen LogP contribution in [0, 0.1) is 10.1 Å². The van der Waals surface area contributed by atoms with Crippen LogP contribution in [0.3, 0.4) is 0 Å². The van der Waals surface area contributed by atoms with Crippen LogP contribution in [0.1, 0.15) is 5.56 Å². The Balaban J connectivity index is 2.07. The van der Waals surface area contributed by atoms with Crippen LogP contribution in [-0.4, -0.2) is 25.4 Å². The second kappa shape index (κ2) is 7.07. The fraction of sp³-hybridized carbons (Fsp3) is 0.133. The molecule has 2 aromatic carbocycles. The van der Waals surface area contributed by atoms with Gasteiger partial charge < -0.3 is 9.47 Å². The molecule has 114 valence electrons. The maximum Gasteiger partial charge on any atom is 0.269 e. The Morgan fingerprint density at radius 2 is 1.86 bits per heavy atom. The number of non-ortho nitro benzene ring substituents is 1. The van der Waals surface area contributed by atoms with Crippen LogP contribution >= 0.6 is 0 Å². The first kappa shape index (κ1) is 15.3. The van der Waals surface area contributed by atoms with E-state index in [4.69, 9.17) is 9.47 Å². The van der Waals surface area contributed by atoms with Crippen molar-refractivity contribution in [2.75, 3.05) is 19.6 Å². The molecule has 0 fully saturated rings. The zero-order valence-corrected chi connectivity index (χ0v) is 12.1. The lowest BCUT2D eigenvalue weighted by Crippen LogP contribution is -1.95. The first-order valence-electron chi connectivity index (χ1n) is 6.39. The Bertz CT molecular complexity index is 684. The molecular formula is C15H15N3O4. The number of nitro groups is 1. The Kier molecular flexibility index (Phi) is 4.92. The molecule has 0 unspecified atom stereocenters. The Morgan fingerprint density at radius 1 is 1.14 bits per heavy atom. The van der Waals surface area contributed by atoms with Crippen molar-refractivity contribution in [2.24, 2.45) is 5.10 Å². The van der Waals surface area contributed by atoms with Gasteiger partial charge in [-0.1, -0.05) is 0 Å². The fourth-order valence-corrected chi connectivity index (χ4v) is 1.76. The minimum Gasteiger partial charge on any atom is -0.497 e. The van der Waals surface area contributed by atoms with E-state index < -0.39 is 4.92 Å². The normalized spacial score (nSPS) is 10.5. The summed E-state index contributed by atoms with van der Waals surface area (Å²) in [4.78, 5) is 10.1. The zero-order valence-electron chi connectivity index (χ0n) is 12.1. The van der Waals surface area contributed by atoms with E-state index in [1.54, 1.807) is 44.7 Å². The summed E-state index contributed by atoms with van der Waals surface area (Å²) in [5.74, 6) is 1.32. The van der Waals surface area contributed by atoms with Gasteiger partial charge in [-0.15, -0.1) is 0 Å². The number of benzene rings is 2. The third-order valence-electron chi connectivity index (χ3n) is 2.92. The van der Waals surface area contributed by atoms with Crippen LogP contribution in [0.5, 0.6) is 11.5 Å². The van der Waals surface area contributed by atoms with Gasteiger partial charge in [0.25, 0.3) is 5.69 Å². The highest BCUT2D eigenvalue weighted by atomic mass is 16.6. The number of ether oxygens (including phenoxy) is 2. The Morgan fingerprint density at radius 3 is 2.45 bits per heavy atom. The molecule has 0 amide bonds. The van der Waals surface area contributed by atoms with Gasteiger partial charge >= 0.3 is 0 Å². The average Bonchev–Trinajstić information content (AvgIpc) is 2.55. The molecule has 1 N–H and O–H groups in total. The van der Waals surface area contributed by atoms with Crippen molar-refractivity contribution in [3.05, 3.63) is 58.1 Å². The van der Waals surface area contributed by atoms with E-state index in [-0.39, 0.29) is 5.69 Å². The Hall–Kier alpha value is -3.09. The number of nitro benzene ring substituents is 1. The van der Waals surface area contributed by atoms with Gasteiger partial charge in [0.2, 0.25) is 0 Å². The molecule has 0 atom stereocenters. The predicted octanol–water partition coefficient (Wildman–Crippen LogP) is 3.06. The molecule has 22 heavy (non-hydrogen) atoms. The van der Waals surface area contributed by atoms with Crippen LogP contribution in [0.25, 0.3) is 0 Å². The van der Waals surface area contributed by atoms with Gasteiger partial charge in [0.05, 0.1) is 31.0 Å². The minimum absolute atomic E-state index is 0.0337. The van der Waals surface area contributed by atoms with E-state index in [0.29, 0.717) is 17.2 Å². The smallest absolute Gasteiger partial charge is 0.269 e. The van der Waals surface area contributed by atoms with E-state index in [0.717, 1.165) is 5.56 Å². The van der Waals surface area contributed by atoms with Crippen molar-refractivity contribution in [2.45, 2.75) is 0 Å². The van der Waals surface area contributed by atoms with Crippen molar-refractivity contribution < 1.29 is 14.4 Å². The first-order chi connectivity index (χ1) is 10.6. The average molecular weight is 301 g/mol. The molecule has 0 aromatic heterocycles. The van der Waals surface area contributed by atoms with Crippen LogP contribution < -0.4 is 14.9 Å². The standard InChI is InChI=1S/C15H15N3O4/c1-21-14-8-3-11(15(9-14)22-2)10-16-17-12-4-6-13(7-5-12)18(19)20/h3-10,17H,1-2H3/b16-10+. The summed E-state index contributed by atoms with van der Waals surface area (Å²) in [6, 6.07) is 11.4. The number of anilines is 1. The number of hydrogen-bond donors (Lipinski definition) is 1. The van der Waals surface area contributed by atoms with E-state index in [9.17, 15) is 10.1 Å². The summed E-state index contributed by atoms with van der Waals surface area (Å²) >= 11 is 0. The van der Waals surface area contributed by atoms with Crippen LogP contribution in [0.15, 0.2) is 47.6 Å². The summed E-state index contributed by atoms with van der Waals surface area (Å²) in [5, 5.41) is 14.7. The summed E-state index contributed by atoms with van der Waals surface area (Å²) in [6.07, 6.45) is 1.60. The lowest BCUT2D eigenvalue weighted by atomic mass is 10.2. The van der Waals surface area contributed by atoms with Crippen LogP contribution in [0.4, 0.5) is 11.4 Å². The van der Waals surface area contributed by atoms with E-state index >= 15 is 0 Å². The zero-order chi connectivity index (χ0) is 15.9. The minimum atomic E-state index is -0.449. The molecule has 2 aromatic rings. The number of methoxy groups -OCH3 is 2. The predicted molar refractivity (Wildman–Crippen MR) is 83.9 cm³/mol. The lowest BCUT2D eigenvalue weighted by molar-refractivity contribution is -0.384. The number of rotatable bonds is 6. The highest BCUT2D eigenvalue weighted by Crippen LogP contribution is 2.23. The molecule has 0 heterocycles. The maximum atomic E-state index is 10.6. The van der Waals surface area contributed by atoms with Gasteiger partial charge in [0.15, 0.2) is 0 Å². The third-order valence-corrected chi connectivity index (χ3v) is 2.92. The highest BCUT2D eigenvalue weighted by Gasteiger charge is 2.04. The number of nitrogens with one attached hydrogen (secondary N) is 1. The van der Waals surface area contributed by atoms with Crippen molar-refractivity contribution in [1.82, 2.24) is 0 Å². The van der Waals surface area contributed by atoms with Gasteiger partial charge in [0, 0.05) is 23.8 Å². The molecule has 0 bridgehead atoms. The van der Waals surface area contributed by atoms with Crippen molar-refractivity contribution >= 4 is 17.6 Å². The SMILES string of the molecule is COc1ccc(/C=N/Nc2ccc([N+](=O)[O-])cc2)c(OC)c1. The van der Waals surface area contributed by atoms with Gasteiger partial charge in [-0.05, 0) is 24.3 Å². The number of hydrogen-bond acceptors (Lipinski definition) is 6. The molecule has 0 aliphatic rings. The van der Waals surface area contributed by atoms with Gasteiger partial charge in [-0.2, -0.15) is 5.10 Å². The molecule has 0 saturated heterocycles. The molecule has 0 spiro atoms. The molecule has 0 saturated carbocycles. The first-order valence-corrected chi connectivity index (χ1v) is 6.39. The van der Waals surface area contributed by atoms with Gasteiger partial charge in [0.1, 0.15) is 11.5 Å². The highest BCUT2D eigenvalue weighted by molar-refractivity contribution is 5.84. The van der Waals surface area contributed by atoms with E-state index in [1.807, 2.05) is 6.07 Å². The Labute approximate surface area is 127 Å². The molecule has 7 heteroatoms. The molecule has 2 rings (SSSR count). The van der Waals surface area contributed by atoms with Crippen molar-refractivity contribution in [1.29, 1.82) is 0 Å². The summed E-state index contributed by atoms with van der Waals surface area (Å²) in [6.45, 7) is 0. The second-order valence-corrected chi connectivity index (χ2v) is 4.28. The monoisotopic (exact) mass is 301 g/mol. The van der Waals surface area contributed by atoms with Gasteiger partial charge in [-0.3, -0.25) is 15.5 Å². The largest absolute Gasteiger partial charge is 0.497 e. The van der Waals surface area contributed by atoms with Gasteiger partial charge in [-0.25, -0.2) is 0 Å². The van der Waals surface area contributed by atoms with Crippen LogP contribution in [-0.2, 0) is 0 Å². The summed E-state index contributed by atoms with van der Waals surface area (Å²) in [5.41, 5.74) is 4.26. The maximum absolute atomic E-state index is 10.6. The van der Waals surface area contributed by atoms with Crippen LogP contribution in [0.2, 0.25) is 0 Å². The second-order valence-electron chi connectivity index (χ2n) is 4.28. The summed E-state index contributed by atoms with van der Waals surface area (Å²) in [7, 11) is 3.15. The van der Waals surface area contributed by atoms with Crippen molar-refractivity contribution in [3.63, 3.8) is 0 Å². The number of nitrogens with zero attached hydrogens (tertiary/aromatic N) is 2. The molecule has 0 aliphatic carbocycles. The van der Waals surface area contributed by atoms with Crippen molar-refractivity contribution in [3.8, 4) is 11.5 Å². The quantitative estimate of drug-likeness (QED) is 0.503. The van der Waals surface area contributed by atoms with E-state index in [1.165, 1.54) is 12.1 Å². The lowest BCUT2D eigenvalue weighted by Gasteiger charge is -2.07. The fourth-order valence-electron chi connectivity index (χ4n) is 1.76. The summed E-state index contributed by atoms with van der Waals surface area (Å²) < 4.78 is 10.4. The van der Waals surface area contributed by atoms with E-state index in [2.05, 4.69) is 10.5 Å². The third kappa shape index (κ3) is 3.72. The molecular weight excluding hydrogens is 286 g/mol.